The van der Waals surface area contributed by atoms with Gasteiger partial charge < -0.3 is 0 Å². The average molecular weight is 499 g/mol. The first-order chi connectivity index (χ1) is 17.2. The summed E-state index contributed by atoms with van der Waals surface area (Å²) in [6.07, 6.45) is -3.55. The van der Waals surface area contributed by atoms with Crippen molar-refractivity contribution in [2.75, 3.05) is 5.32 Å². The molecule has 2 aromatic carbocycles. The van der Waals surface area contributed by atoms with Gasteiger partial charge in [0.05, 0.1) is 12.2 Å². The molecule has 0 aliphatic rings. The third kappa shape index (κ3) is 4.62. The topological polar surface area (TPSA) is 90.0 Å². The van der Waals surface area contributed by atoms with Gasteiger partial charge in [-0.05, 0) is 36.4 Å². The zero-order valence-electron chi connectivity index (χ0n) is 18.0. The Morgan fingerprint density at radius 1 is 0.972 bits per heavy atom. The molecule has 5 rings (SSSR count). The lowest BCUT2D eigenvalue weighted by molar-refractivity contribution is -0.142. The minimum absolute atomic E-state index is 0.0505. The summed E-state index contributed by atoms with van der Waals surface area (Å²) in [6, 6.07) is 12.7. The maximum absolute atomic E-state index is 13.8. The summed E-state index contributed by atoms with van der Waals surface area (Å²) < 4.78 is 70.1. The summed E-state index contributed by atoms with van der Waals surface area (Å²) in [5.41, 5.74) is -1.25. The molecule has 1 amide bonds. The fourth-order valence-corrected chi connectivity index (χ4v) is 3.45. The van der Waals surface area contributed by atoms with Crippen molar-refractivity contribution in [2.45, 2.75) is 12.7 Å². The predicted octanol–water partition coefficient (Wildman–Crippen LogP) is 4.59. The van der Waals surface area contributed by atoms with Crippen molar-refractivity contribution in [1.82, 2.24) is 29.4 Å². The summed E-state index contributed by atoms with van der Waals surface area (Å²) in [5, 5.41) is 10.1. The van der Waals surface area contributed by atoms with E-state index in [1.165, 1.54) is 29.2 Å². The summed E-state index contributed by atoms with van der Waals surface area (Å²) in [7, 11) is 0. The highest BCUT2D eigenvalue weighted by Gasteiger charge is 2.35. The SMILES string of the molecule is O=C(Nc1ncn(Cc2ccccc2F)n1)c1cc2nc(-c3ccc(F)cc3)cc(C(F)(F)F)n2n1. The number of fused-ring (bicyclic) bond motifs is 1. The van der Waals surface area contributed by atoms with Crippen molar-refractivity contribution in [3.63, 3.8) is 0 Å². The number of anilines is 1. The molecule has 36 heavy (non-hydrogen) atoms. The van der Waals surface area contributed by atoms with Crippen molar-refractivity contribution in [3.8, 4) is 11.3 Å². The Balaban J connectivity index is 1.43. The molecule has 3 aromatic heterocycles. The van der Waals surface area contributed by atoms with Gasteiger partial charge in [-0.15, -0.1) is 5.10 Å². The van der Waals surface area contributed by atoms with Crippen LogP contribution in [0.2, 0.25) is 0 Å². The van der Waals surface area contributed by atoms with E-state index in [0.717, 1.165) is 24.3 Å². The first-order valence-corrected chi connectivity index (χ1v) is 10.4. The quantitative estimate of drug-likeness (QED) is 0.358. The highest BCUT2D eigenvalue weighted by molar-refractivity contribution is 6.02. The van der Waals surface area contributed by atoms with Crippen molar-refractivity contribution in [2.24, 2.45) is 0 Å². The van der Waals surface area contributed by atoms with E-state index in [1.807, 2.05) is 0 Å². The van der Waals surface area contributed by atoms with Gasteiger partial charge in [-0.1, -0.05) is 18.2 Å². The number of aromatic nitrogens is 6. The molecule has 0 saturated carbocycles. The van der Waals surface area contributed by atoms with Gasteiger partial charge >= 0.3 is 6.18 Å². The number of halogens is 5. The summed E-state index contributed by atoms with van der Waals surface area (Å²) in [4.78, 5) is 20.7. The number of hydrogen-bond acceptors (Lipinski definition) is 5. The van der Waals surface area contributed by atoms with E-state index < -0.39 is 29.4 Å². The number of amides is 1. The molecule has 8 nitrogen and oxygen atoms in total. The molecule has 1 N–H and O–H groups in total. The first-order valence-electron chi connectivity index (χ1n) is 10.4. The number of nitrogens with zero attached hydrogens (tertiary/aromatic N) is 6. The molecule has 0 atom stereocenters. The maximum atomic E-state index is 13.8. The number of rotatable bonds is 5. The van der Waals surface area contributed by atoms with Crippen LogP contribution in [0, 0.1) is 11.6 Å². The number of carbonyl (C=O) groups excluding carboxylic acids is 1. The van der Waals surface area contributed by atoms with E-state index in [4.69, 9.17) is 0 Å². The number of carbonyl (C=O) groups is 1. The van der Waals surface area contributed by atoms with Crippen molar-refractivity contribution in [3.05, 3.63) is 95.6 Å². The highest BCUT2D eigenvalue weighted by Crippen LogP contribution is 2.32. The molecular weight excluding hydrogens is 485 g/mol. The molecule has 0 unspecified atom stereocenters. The Morgan fingerprint density at radius 3 is 2.44 bits per heavy atom. The highest BCUT2D eigenvalue weighted by atomic mass is 19.4. The van der Waals surface area contributed by atoms with Gasteiger partial charge in [0, 0.05) is 17.2 Å². The van der Waals surface area contributed by atoms with E-state index in [2.05, 4.69) is 25.5 Å². The fourth-order valence-electron chi connectivity index (χ4n) is 3.45. The van der Waals surface area contributed by atoms with E-state index in [0.29, 0.717) is 10.1 Å². The normalized spacial score (nSPS) is 11.7. The van der Waals surface area contributed by atoms with Gasteiger partial charge in [0.15, 0.2) is 17.0 Å². The van der Waals surface area contributed by atoms with Crippen LogP contribution in [0.5, 0.6) is 0 Å². The number of hydrogen-bond donors (Lipinski definition) is 1. The molecule has 182 valence electrons. The van der Waals surface area contributed by atoms with Crippen LogP contribution in [-0.2, 0) is 12.7 Å². The van der Waals surface area contributed by atoms with E-state index in [9.17, 15) is 26.7 Å². The van der Waals surface area contributed by atoms with Crippen molar-refractivity contribution in [1.29, 1.82) is 0 Å². The van der Waals surface area contributed by atoms with Crippen molar-refractivity contribution >= 4 is 17.5 Å². The maximum Gasteiger partial charge on any atom is 0.433 e. The zero-order valence-corrected chi connectivity index (χ0v) is 18.0. The van der Waals surface area contributed by atoms with Gasteiger partial charge in [0.25, 0.3) is 5.91 Å². The van der Waals surface area contributed by atoms with E-state index in [-0.39, 0.29) is 35.1 Å². The molecule has 0 aliphatic carbocycles. The molecule has 0 bridgehead atoms. The molecule has 0 radical (unpaired) electrons. The lowest BCUT2D eigenvalue weighted by Gasteiger charge is -2.11. The molecule has 0 saturated heterocycles. The van der Waals surface area contributed by atoms with Crippen LogP contribution in [0.4, 0.5) is 27.9 Å². The Kier molecular flexibility index (Phi) is 5.66. The lowest BCUT2D eigenvalue weighted by atomic mass is 10.1. The monoisotopic (exact) mass is 499 g/mol. The fraction of sp³-hybridized carbons (Fsp3) is 0.0870. The lowest BCUT2D eigenvalue weighted by Crippen LogP contribution is -2.16. The Labute approximate surface area is 199 Å². The molecule has 3 heterocycles. The molecule has 5 aromatic rings. The smallest absolute Gasteiger partial charge is 0.288 e. The number of benzene rings is 2. The number of nitrogens with one attached hydrogen (secondary N) is 1. The molecule has 0 aliphatic heterocycles. The molecule has 13 heteroatoms. The van der Waals surface area contributed by atoms with Crippen LogP contribution >= 0.6 is 0 Å². The average Bonchev–Trinajstić information content (AvgIpc) is 3.46. The van der Waals surface area contributed by atoms with Gasteiger partial charge in [-0.2, -0.15) is 18.3 Å². The van der Waals surface area contributed by atoms with Crippen LogP contribution in [0.15, 0.2) is 67.0 Å². The molecule has 0 spiro atoms. The van der Waals surface area contributed by atoms with Gasteiger partial charge in [-0.3, -0.25) is 10.1 Å². The number of alkyl halides is 3. The third-order valence-electron chi connectivity index (χ3n) is 5.14. The van der Waals surface area contributed by atoms with Crippen molar-refractivity contribution < 1.29 is 26.7 Å². The molecular formula is C23H14F5N7O. The first kappa shape index (κ1) is 23.1. The standard InChI is InChI=1S/C23H14F5N7O/c24-15-7-5-13(6-8-15)17-9-19(23(26,27)28)35-20(30-17)10-18(32-35)21(36)31-22-29-12-34(33-22)11-14-3-1-2-4-16(14)25/h1-10,12H,11H2,(H,31,33,36). The second kappa shape index (κ2) is 8.83. The van der Waals surface area contributed by atoms with Crippen LogP contribution in [-0.4, -0.2) is 35.3 Å². The van der Waals surface area contributed by atoms with Crippen LogP contribution < -0.4 is 5.32 Å². The predicted molar refractivity (Wildman–Crippen MR) is 117 cm³/mol. The largest absolute Gasteiger partial charge is 0.433 e. The van der Waals surface area contributed by atoms with E-state index in [1.54, 1.807) is 18.2 Å². The van der Waals surface area contributed by atoms with E-state index >= 15 is 0 Å². The molecule has 0 fully saturated rings. The summed E-state index contributed by atoms with van der Waals surface area (Å²) in [5.74, 6) is -2.01. The Morgan fingerprint density at radius 2 is 1.72 bits per heavy atom. The zero-order chi connectivity index (χ0) is 25.4. The van der Waals surface area contributed by atoms with Crippen LogP contribution in [0.1, 0.15) is 21.7 Å². The summed E-state index contributed by atoms with van der Waals surface area (Å²) in [6.45, 7) is 0.0505. The Hall–Kier alpha value is -4.68. The minimum Gasteiger partial charge on any atom is -0.288 e. The van der Waals surface area contributed by atoms with Gasteiger partial charge in [0.1, 0.15) is 18.0 Å². The van der Waals surface area contributed by atoms with Crippen LogP contribution in [0.3, 0.4) is 0 Å². The van der Waals surface area contributed by atoms with Gasteiger partial charge in [0.2, 0.25) is 5.95 Å². The van der Waals surface area contributed by atoms with Gasteiger partial charge in [-0.25, -0.2) is 27.9 Å². The second-order valence-electron chi connectivity index (χ2n) is 7.64. The second-order valence-corrected chi connectivity index (χ2v) is 7.64. The van der Waals surface area contributed by atoms with Crippen LogP contribution in [0.25, 0.3) is 16.9 Å². The summed E-state index contributed by atoms with van der Waals surface area (Å²) >= 11 is 0. The third-order valence-corrected chi connectivity index (χ3v) is 5.14. The minimum atomic E-state index is -4.82. The Bertz CT molecular complexity index is 1570.